The maximum atomic E-state index is 10.2. The van der Waals surface area contributed by atoms with Crippen molar-refractivity contribution in [3.63, 3.8) is 0 Å². The van der Waals surface area contributed by atoms with E-state index in [9.17, 15) is 4.21 Å². The summed E-state index contributed by atoms with van der Waals surface area (Å²) >= 11 is -1.83. The van der Waals surface area contributed by atoms with E-state index in [0.717, 1.165) is 0 Å². The van der Waals surface area contributed by atoms with Gasteiger partial charge in [0.1, 0.15) is 0 Å². The summed E-state index contributed by atoms with van der Waals surface area (Å²) in [6.45, 7) is 0. The molecule has 0 saturated heterocycles. The number of aromatic nitrogens is 1. The van der Waals surface area contributed by atoms with Crippen LogP contribution >= 0.6 is 0 Å². The van der Waals surface area contributed by atoms with E-state index in [1.807, 2.05) is 0 Å². The molecule has 0 fully saturated rings. The first-order chi connectivity index (χ1) is 3.80. The second-order valence-corrected chi connectivity index (χ2v) is 2.27. The summed E-state index contributed by atoms with van der Waals surface area (Å²) in [7, 11) is 0. The average Bonchev–Trinajstić information content (AvgIpc) is 2.12. The molecule has 8 heavy (non-hydrogen) atoms. The van der Waals surface area contributed by atoms with Gasteiger partial charge < -0.3 is 9.54 Å². The third-order valence-electron chi connectivity index (χ3n) is 0.771. The van der Waals surface area contributed by atoms with Gasteiger partial charge in [-0.2, -0.15) is 0 Å². The molecule has 1 rings (SSSR count). The first-order valence-electron chi connectivity index (χ1n) is 2.04. The SMILES string of the molecule is O=S(O)c1cc[nH]c1. The number of aromatic amines is 1. The van der Waals surface area contributed by atoms with E-state index in [1.54, 1.807) is 12.3 Å². The summed E-state index contributed by atoms with van der Waals surface area (Å²) < 4.78 is 18.5. The van der Waals surface area contributed by atoms with Gasteiger partial charge in [0, 0.05) is 12.4 Å². The van der Waals surface area contributed by atoms with Crippen LogP contribution in [0.25, 0.3) is 0 Å². The minimum Gasteiger partial charge on any atom is -0.366 e. The normalized spacial score (nSPS) is 13.6. The smallest absolute Gasteiger partial charge is 0.188 e. The molecule has 0 bridgehead atoms. The van der Waals surface area contributed by atoms with Gasteiger partial charge in [0.05, 0.1) is 4.90 Å². The Morgan fingerprint density at radius 3 is 2.75 bits per heavy atom. The van der Waals surface area contributed by atoms with Crippen LogP contribution in [-0.2, 0) is 11.1 Å². The zero-order valence-corrected chi connectivity index (χ0v) is 4.81. The molecular weight excluding hydrogens is 126 g/mol. The molecule has 0 aliphatic rings. The molecule has 44 valence electrons. The fourth-order valence-electron chi connectivity index (χ4n) is 0.417. The number of hydrogen-bond donors (Lipinski definition) is 2. The number of H-pyrrole nitrogens is 1. The molecule has 0 amide bonds. The van der Waals surface area contributed by atoms with Crippen molar-refractivity contribution in [1.29, 1.82) is 0 Å². The van der Waals surface area contributed by atoms with Crippen LogP contribution in [0.4, 0.5) is 0 Å². The Balaban J connectivity index is 2.93. The van der Waals surface area contributed by atoms with Crippen LogP contribution in [0.1, 0.15) is 0 Å². The molecule has 1 heterocycles. The molecule has 0 spiro atoms. The number of nitrogens with one attached hydrogen (secondary N) is 1. The maximum Gasteiger partial charge on any atom is 0.188 e. The highest BCUT2D eigenvalue weighted by Crippen LogP contribution is 1.99. The van der Waals surface area contributed by atoms with Gasteiger partial charge in [-0.3, -0.25) is 0 Å². The second-order valence-electron chi connectivity index (χ2n) is 1.30. The van der Waals surface area contributed by atoms with E-state index in [1.165, 1.54) is 6.20 Å². The summed E-state index contributed by atoms with van der Waals surface area (Å²) in [4.78, 5) is 3.07. The monoisotopic (exact) mass is 131 g/mol. The maximum absolute atomic E-state index is 10.2. The van der Waals surface area contributed by atoms with Crippen LogP contribution in [0.15, 0.2) is 23.4 Å². The summed E-state index contributed by atoms with van der Waals surface area (Å²) in [6.07, 6.45) is 3.08. The van der Waals surface area contributed by atoms with Crippen molar-refractivity contribution >= 4 is 11.1 Å². The van der Waals surface area contributed by atoms with Gasteiger partial charge in [0.25, 0.3) is 0 Å². The van der Waals surface area contributed by atoms with E-state index in [4.69, 9.17) is 4.55 Å². The largest absolute Gasteiger partial charge is 0.366 e. The van der Waals surface area contributed by atoms with Crippen molar-refractivity contribution in [2.75, 3.05) is 0 Å². The van der Waals surface area contributed by atoms with E-state index >= 15 is 0 Å². The van der Waals surface area contributed by atoms with E-state index < -0.39 is 11.1 Å². The van der Waals surface area contributed by atoms with Crippen LogP contribution in [0.3, 0.4) is 0 Å². The quantitative estimate of drug-likeness (QED) is 0.548. The molecule has 0 aliphatic carbocycles. The Hall–Kier alpha value is -0.610. The first-order valence-corrected chi connectivity index (χ1v) is 3.15. The molecule has 0 saturated carbocycles. The van der Waals surface area contributed by atoms with Crippen molar-refractivity contribution in [2.45, 2.75) is 4.90 Å². The molecular formula is C4H5NO2S. The van der Waals surface area contributed by atoms with Gasteiger partial charge in [-0.05, 0) is 6.07 Å². The molecule has 0 aromatic carbocycles. The summed E-state index contributed by atoms with van der Waals surface area (Å²) in [5.74, 6) is 0. The predicted octanol–water partition coefficient (Wildman–Crippen LogP) is 0.595. The van der Waals surface area contributed by atoms with Gasteiger partial charge in [0.15, 0.2) is 11.1 Å². The molecule has 1 unspecified atom stereocenters. The highest BCUT2D eigenvalue weighted by Gasteiger charge is 1.95. The zero-order chi connectivity index (χ0) is 5.98. The summed E-state index contributed by atoms with van der Waals surface area (Å²) in [5, 5.41) is 0. The van der Waals surface area contributed by atoms with E-state index in [-0.39, 0.29) is 0 Å². The Kier molecular flexibility index (Phi) is 1.45. The van der Waals surface area contributed by atoms with Crippen molar-refractivity contribution in [2.24, 2.45) is 0 Å². The lowest BCUT2D eigenvalue weighted by Gasteiger charge is -1.80. The third-order valence-corrected chi connectivity index (χ3v) is 1.43. The van der Waals surface area contributed by atoms with Crippen LogP contribution in [0.2, 0.25) is 0 Å². The lowest BCUT2D eigenvalue weighted by Crippen LogP contribution is -1.81. The Morgan fingerprint density at radius 2 is 2.50 bits per heavy atom. The molecule has 1 atom stereocenters. The summed E-state index contributed by atoms with van der Waals surface area (Å²) in [5.41, 5.74) is 0. The van der Waals surface area contributed by atoms with Crippen molar-refractivity contribution in [1.82, 2.24) is 4.98 Å². The van der Waals surface area contributed by atoms with E-state index in [0.29, 0.717) is 4.90 Å². The molecule has 0 aliphatic heterocycles. The number of rotatable bonds is 1. The van der Waals surface area contributed by atoms with Crippen LogP contribution in [0.5, 0.6) is 0 Å². The van der Waals surface area contributed by atoms with Gasteiger partial charge in [0.2, 0.25) is 0 Å². The average molecular weight is 131 g/mol. The topological polar surface area (TPSA) is 53.1 Å². The lowest BCUT2D eigenvalue weighted by molar-refractivity contribution is 0.564. The fourth-order valence-corrected chi connectivity index (χ4v) is 0.771. The van der Waals surface area contributed by atoms with Crippen molar-refractivity contribution < 1.29 is 8.76 Å². The Labute approximate surface area is 49.0 Å². The second kappa shape index (κ2) is 2.11. The number of hydrogen-bond acceptors (Lipinski definition) is 1. The highest BCUT2D eigenvalue weighted by molar-refractivity contribution is 7.79. The fraction of sp³-hybridized carbons (Fsp3) is 0. The zero-order valence-electron chi connectivity index (χ0n) is 4.00. The molecule has 2 N–H and O–H groups in total. The third kappa shape index (κ3) is 0.962. The molecule has 1 aromatic rings. The standard InChI is InChI=1S/C4H5NO2S/c6-8(7)4-1-2-5-3-4/h1-3,5H,(H,6,7). The van der Waals surface area contributed by atoms with Gasteiger partial charge >= 0.3 is 0 Å². The van der Waals surface area contributed by atoms with Crippen LogP contribution in [0, 0.1) is 0 Å². The van der Waals surface area contributed by atoms with Gasteiger partial charge in [-0.1, -0.05) is 0 Å². The molecule has 4 heteroatoms. The van der Waals surface area contributed by atoms with Gasteiger partial charge in [-0.25, -0.2) is 4.21 Å². The predicted molar refractivity (Wildman–Crippen MR) is 29.8 cm³/mol. The first kappa shape index (κ1) is 5.53. The Bertz CT molecular complexity index is 182. The Morgan fingerprint density at radius 1 is 1.75 bits per heavy atom. The van der Waals surface area contributed by atoms with Crippen LogP contribution in [-0.4, -0.2) is 13.7 Å². The molecule has 0 radical (unpaired) electrons. The summed E-state index contributed by atoms with van der Waals surface area (Å²) in [6, 6.07) is 1.55. The highest BCUT2D eigenvalue weighted by atomic mass is 32.2. The van der Waals surface area contributed by atoms with E-state index in [2.05, 4.69) is 4.98 Å². The lowest BCUT2D eigenvalue weighted by atomic mass is 10.7. The minimum absolute atomic E-state index is 0.407. The van der Waals surface area contributed by atoms with Crippen molar-refractivity contribution in [3.05, 3.63) is 18.5 Å². The van der Waals surface area contributed by atoms with Crippen molar-refractivity contribution in [3.8, 4) is 0 Å². The minimum atomic E-state index is -1.83. The molecule has 3 nitrogen and oxygen atoms in total. The van der Waals surface area contributed by atoms with Gasteiger partial charge in [-0.15, -0.1) is 0 Å². The molecule has 1 aromatic heterocycles. The van der Waals surface area contributed by atoms with Crippen LogP contribution < -0.4 is 0 Å².